The van der Waals surface area contributed by atoms with Crippen molar-refractivity contribution in [3.63, 3.8) is 0 Å². The summed E-state index contributed by atoms with van der Waals surface area (Å²) in [4.78, 5) is 56.8. The normalized spacial score (nSPS) is 15.7. The second-order valence-corrected chi connectivity index (χ2v) is 14.5. The fraction of sp³-hybridized carbons (Fsp3) is 0.243. The Labute approximate surface area is 303 Å². The number of fused-ring (bicyclic) bond motifs is 2. The zero-order chi connectivity index (χ0) is 37.6. The van der Waals surface area contributed by atoms with Crippen LogP contribution in [0.3, 0.4) is 0 Å². The standard InChI is InChI=1S/C37H35FN8O6S/c1-4-44-20-28(36(49)50)34(47)27-18-29(38)32(19-31(27)44)45-15-13-43(14-16-45)21-46-30-8-6-5-7-26(30)33(35(46)48)41-24-9-11-25(12-10-24)53(51,52)42-37-39-22(2)17-23(3)40-37/h5-12,17-20H,4,13-16,21H2,1-3H3,(H,49,50)(H,39,40,42). The summed E-state index contributed by atoms with van der Waals surface area (Å²) >= 11 is 0. The van der Waals surface area contributed by atoms with E-state index in [4.69, 9.17) is 0 Å². The highest BCUT2D eigenvalue weighted by Crippen LogP contribution is 2.32. The fourth-order valence-electron chi connectivity index (χ4n) is 6.68. The van der Waals surface area contributed by atoms with Gasteiger partial charge in [-0.1, -0.05) is 18.2 Å². The number of aromatic nitrogens is 3. The van der Waals surface area contributed by atoms with Crippen molar-refractivity contribution in [2.45, 2.75) is 32.2 Å². The van der Waals surface area contributed by atoms with Crippen LogP contribution >= 0.6 is 0 Å². The Morgan fingerprint density at radius 3 is 2.28 bits per heavy atom. The topological polar surface area (TPSA) is 170 Å². The predicted molar refractivity (Wildman–Crippen MR) is 198 cm³/mol. The van der Waals surface area contributed by atoms with Gasteiger partial charge in [0.25, 0.3) is 15.9 Å². The summed E-state index contributed by atoms with van der Waals surface area (Å²) < 4.78 is 45.5. The third-order valence-corrected chi connectivity index (χ3v) is 10.6. The zero-order valence-corrected chi connectivity index (χ0v) is 29.9. The number of nitrogens with zero attached hydrogens (tertiary/aromatic N) is 7. The zero-order valence-electron chi connectivity index (χ0n) is 29.1. The lowest BCUT2D eigenvalue weighted by atomic mass is 10.1. The number of rotatable bonds is 9. The van der Waals surface area contributed by atoms with Crippen molar-refractivity contribution < 1.29 is 27.5 Å². The molecule has 0 spiro atoms. The lowest BCUT2D eigenvalue weighted by molar-refractivity contribution is -0.112. The van der Waals surface area contributed by atoms with E-state index in [9.17, 15) is 27.9 Å². The number of aromatic carboxylic acids is 1. The van der Waals surface area contributed by atoms with Crippen LogP contribution in [0.1, 0.15) is 34.2 Å². The largest absolute Gasteiger partial charge is 0.477 e. The molecule has 2 aliphatic heterocycles. The van der Waals surface area contributed by atoms with Gasteiger partial charge < -0.3 is 14.6 Å². The highest BCUT2D eigenvalue weighted by molar-refractivity contribution is 7.92. The number of halogens is 1. The van der Waals surface area contributed by atoms with E-state index in [-0.39, 0.29) is 34.5 Å². The lowest BCUT2D eigenvalue weighted by Gasteiger charge is -2.38. The third-order valence-electron chi connectivity index (χ3n) is 9.27. The molecule has 14 nitrogen and oxygen atoms in total. The molecule has 5 aromatic rings. The number of aryl methyl sites for hydroxylation is 3. The molecule has 2 aromatic heterocycles. The molecule has 3 aromatic carbocycles. The number of carbonyl (C=O) groups is 2. The highest BCUT2D eigenvalue weighted by atomic mass is 32.2. The maximum Gasteiger partial charge on any atom is 0.341 e. The highest BCUT2D eigenvalue weighted by Gasteiger charge is 2.35. The van der Waals surface area contributed by atoms with Crippen molar-refractivity contribution in [2.75, 3.05) is 47.4 Å². The Kier molecular flexibility index (Phi) is 9.25. The Hall–Kier alpha value is -6.00. The van der Waals surface area contributed by atoms with Crippen molar-refractivity contribution in [3.8, 4) is 0 Å². The predicted octanol–water partition coefficient (Wildman–Crippen LogP) is 4.31. The van der Waals surface area contributed by atoms with Crippen molar-refractivity contribution in [1.29, 1.82) is 0 Å². The fourth-order valence-corrected chi connectivity index (χ4v) is 7.62. The first-order valence-corrected chi connectivity index (χ1v) is 18.3. The molecule has 2 N–H and O–H groups in total. The molecule has 272 valence electrons. The maximum absolute atomic E-state index is 15.5. The first kappa shape index (κ1) is 35.4. The molecule has 2 aliphatic rings. The molecule has 0 aliphatic carbocycles. The second-order valence-electron chi connectivity index (χ2n) is 12.8. The number of piperazine rings is 1. The Balaban J connectivity index is 1.06. The number of hydrogen-bond acceptors (Lipinski definition) is 10. The summed E-state index contributed by atoms with van der Waals surface area (Å²) in [5.41, 5.74) is 2.83. The van der Waals surface area contributed by atoms with Gasteiger partial charge in [0.05, 0.1) is 34.1 Å². The van der Waals surface area contributed by atoms with Crippen LogP contribution in [0.5, 0.6) is 0 Å². The molecule has 16 heteroatoms. The maximum atomic E-state index is 15.5. The average Bonchev–Trinajstić information content (AvgIpc) is 3.37. The molecule has 1 saturated heterocycles. The molecule has 0 radical (unpaired) electrons. The summed E-state index contributed by atoms with van der Waals surface area (Å²) in [5, 5.41) is 9.47. The van der Waals surface area contributed by atoms with Gasteiger partial charge in [-0.15, -0.1) is 0 Å². The van der Waals surface area contributed by atoms with Crippen LogP contribution in [0.25, 0.3) is 10.9 Å². The van der Waals surface area contributed by atoms with Gasteiger partial charge in [0.1, 0.15) is 17.1 Å². The average molecular weight is 739 g/mol. The number of carbonyl (C=O) groups excluding carboxylic acids is 1. The van der Waals surface area contributed by atoms with E-state index >= 15 is 4.39 Å². The van der Waals surface area contributed by atoms with E-state index < -0.39 is 32.8 Å². The number of sulfonamides is 1. The molecular formula is C37H35FN8O6S. The number of aliphatic imine (C=N–C) groups is 1. The van der Waals surface area contributed by atoms with Gasteiger partial charge in [-0.3, -0.25) is 19.4 Å². The molecular weight excluding hydrogens is 704 g/mol. The van der Waals surface area contributed by atoms with Gasteiger partial charge in [-0.2, -0.15) is 0 Å². The van der Waals surface area contributed by atoms with Crippen LogP contribution < -0.4 is 20.0 Å². The van der Waals surface area contributed by atoms with E-state index in [0.717, 1.165) is 6.07 Å². The molecule has 0 atom stereocenters. The third kappa shape index (κ3) is 6.85. The quantitative estimate of drug-likeness (QED) is 0.222. The number of carboxylic acids is 1. The molecule has 7 rings (SSSR count). The summed E-state index contributed by atoms with van der Waals surface area (Å²) in [6.07, 6.45) is 1.29. The SMILES string of the molecule is CCn1cc(C(=O)O)c(=O)c2cc(F)c(N3CCN(CN4C(=O)C(=Nc5ccc(S(=O)(=O)Nc6nc(C)cc(C)n6)cc5)c5ccccc54)CC3)cc21. The molecule has 4 heterocycles. The molecule has 0 bridgehead atoms. The number of benzene rings is 3. The summed E-state index contributed by atoms with van der Waals surface area (Å²) in [6.45, 7) is 7.85. The van der Waals surface area contributed by atoms with E-state index in [1.54, 1.807) is 35.4 Å². The Bertz CT molecular complexity index is 2480. The molecule has 1 amide bonds. The number of carboxylic acid groups (broad SMARTS) is 1. The summed E-state index contributed by atoms with van der Waals surface area (Å²) in [5.74, 6) is -2.31. The summed E-state index contributed by atoms with van der Waals surface area (Å²) in [6, 6.07) is 17.6. The van der Waals surface area contributed by atoms with Gasteiger partial charge >= 0.3 is 5.97 Å². The van der Waals surface area contributed by atoms with Gasteiger partial charge in [-0.05, 0) is 69.3 Å². The van der Waals surface area contributed by atoms with Gasteiger partial charge in [0.15, 0.2) is 0 Å². The number of hydrogen-bond donors (Lipinski definition) is 2. The van der Waals surface area contributed by atoms with E-state index in [0.29, 0.717) is 72.3 Å². The van der Waals surface area contributed by atoms with Crippen LogP contribution in [0, 0.1) is 19.7 Å². The Morgan fingerprint density at radius 1 is 0.943 bits per heavy atom. The van der Waals surface area contributed by atoms with Crippen molar-refractivity contribution in [3.05, 3.63) is 111 Å². The van der Waals surface area contributed by atoms with E-state index in [1.165, 1.54) is 30.5 Å². The number of anilines is 3. The second kappa shape index (κ2) is 13.9. The van der Waals surface area contributed by atoms with Crippen molar-refractivity contribution in [1.82, 2.24) is 19.4 Å². The number of nitrogens with one attached hydrogen (secondary N) is 1. The monoisotopic (exact) mass is 738 g/mol. The number of pyridine rings is 1. The van der Waals surface area contributed by atoms with Gasteiger partial charge in [-0.25, -0.2) is 37.3 Å². The number of amides is 1. The van der Waals surface area contributed by atoms with Crippen LogP contribution in [-0.4, -0.2) is 83.4 Å². The summed E-state index contributed by atoms with van der Waals surface area (Å²) in [7, 11) is -3.98. The first-order chi connectivity index (χ1) is 25.3. The molecule has 0 unspecified atom stereocenters. The molecule has 0 saturated carbocycles. The lowest BCUT2D eigenvalue weighted by Crippen LogP contribution is -2.51. The minimum atomic E-state index is -3.98. The van der Waals surface area contributed by atoms with Crippen LogP contribution in [0.15, 0.2) is 87.6 Å². The van der Waals surface area contributed by atoms with Crippen LogP contribution in [0.2, 0.25) is 0 Å². The first-order valence-electron chi connectivity index (χ1n) is 16.9. The van der Waals surface area contributed by atoms with Gasteiger partial charge in [0, 0.05) is 61.3 Å². The number of para-hydroxylation sites is 1. The molecule has 1 fully saturated rings. The van der Waals surface area contributed by atoms with Crippen molar-refractivity contribution in [2.24, 2.45) is 4.99 Å². The van der Waals surface area contributed by atoms with Crippen molar-refractivity contribution >= 4 is 61.5 Å². The Morgan fingerprint density at radius 2 is 1.62 bits per heavy atom. The minimum absolute atomic E-state index is 0.0107. The van der Waals surface area contributed by atoms with Crippen LogP contribution in [-0.2, 0) is 21.4 Å². The minimum Gasteiger partial charge on any atom is -0.477 e. The van der Waals surface area contributed by atoms with E-state index in [1.807, 2.05) is 36.1 Å². The van der Waals surface area contributed by atoms with Crippen LogP contribution in [0.4, 0.5) is 27.4 Å². The van der Waals surface area contributed by atoms with E-state index in [2.05, 4.69) is 24.6 Å². The van der Waals surface area contributed by atoms with Gasteiger partial charge in [0.2, 0.25) is 11.4 Å². The molecule has 53 heavy (non-hydrogen) atoms. The smallest absolute Gasteiger partial charge is 0.341 e.